The van der Waals surface area contributed by atoms with Crippen LogP contribution >= 0.6 is 0 Å². The van der Waals surface area contributed by atoms with Crippen molar-refractivity contribution in [1.29, 1.82) is 0 Å². The Morgan fingerprint density at radius 3 is 2.43 bits per heavy atom. The number of ether oxygens (including phenoxy) is 1. The molecule has 3 heteroatoms. The first kappa shape index (κ1) is 20.6. The molecular formula is C27H31NO2. The van der Waals surface area contributed by atoms with Crippen LogP contribution in [0.3, 0.4) is 0 Å². The zero-order chi connectivity index (χ0) is 20.8. The number of nitrogens with zero attached hydrogens (tertiary/aromatic N) is 1. The Morgan fingerprint density at radius 1 is 0.900 bits per heavy atom. The second kappa shape index (κ2) is 9.92. The SMILES string of the molecule is Cc1ccc(COc2ccccc2CC2CN(Cc3ccccc3)CCC2O)cc1. The highest BCUT2D eigenvalue weighted by Gasteiger charge is 2.28. The van der Waals surface area contributed by atoms with Crippen molar-refractivity contribution in [3.05, 3.63) is 101 Å². The lowest BCUT2D eigenvalue weighted by Crippen LogP contribution is -2.43. The standard InChI is InChI=1S/C27H31NO2/c1-21-11-13-23(14-12-21)20-30-27-10-6-5-9-24(27)17-25-19-28(16-15-26(25)29)18-22-7-3-2-4-8-22/h2-14,25-26,29H,15-20H2,1H3. The van der Waals surface area contributed by atoms with E-state index in [1.165, 1.54) is 22.3 Å². The third-order valence-electron chi connectivity index (χ3n) is 6.00. The molecule has 0 saturated carbocycles. The number of benzene rings is 3. The molecule has 0 bridgehead atoms. The van der Waals surface area contributed by atoms with Crippen LogP contribution in [0.25, 0.3) is 0 Å². The number of aryl methyl sites for hydroxylation is 1. The van der Waals surface area contributed by atoms with E-state index in [0.29, 0.717) is 6.61 Å². The summed E-state index contributed by atoms with van der Waals surface area (Å²) in [5, 5.41) is 10.7. The topological polar surface area (TPSA) is 32.7 Å². The van der Waals surface area contributed by atoms with E-state index in [9.17, 15) is 5.11 Å². The number of para-hydroxylation sites is 1. The van der Waals surface area contributed by atoms with Crippen LogP contribution in [-0.4, -0.2) is 29.2 Å². The van der Waals surface area contributed by atoms with Gasteiger partial charge in [0.2, 0.25) is 0 Å². The van der Waals surface area contributed by atoms with Gasteiger partial charge in [0.25, 0.3) is 0 Å². The molecule has 0 amide bonds. The van der Waals surface area contributed by atoms with E-state index in [1.54, 1.807) is 0 Å². The van der Waals surface area contributed by atoms with Crippen molar-refractivity contribution in [3.63, 3.8) is 0 Å². The molecule has 3 aromatic rings. The van der Waals surface area contributed by atoms with E-state index < -0.39 is 0 Å². The molecule has 0 spiro atoms. The Balaban J connectivity index is 1.40. The number of hydrogen-bond acceptors (Lipinski definition) is 3. The van der Waals surface area contributed by atoms with Gasteiger partial charge in [-0.2, -0.15) is 0 Å². The average Bonchev–Trinajstić information content (AvgIpc) is 2.77. The number of hydrogen-bond donors (Lipinski definition) is 1. The Labute approximate surface area is 179 Å². The molecule has 0 radical (unpaired) electrons. The fraction of sp³-hybridized carbons (Fsp3) is 0.333. The average molecular weight is 402 g/mol. The quantitative estimate of drug-likeness (QED) is 0.605. The fourth-order valence-corrected chi connectivity index (χ4v) is 4.22. The molecule has 1 heterocycles. The highest BCUT2D eigenvalue weighted by molar-refractivity contribution is 5.34. The molecule has 3 aromatic carbocycles. The van der Waals surface area contributed by atoms with Crippen molar-refractivity contribution < 1.29 is 9.84 Å². The van der Waals surface area contributed by atoms with Crippen LogP contribution < -0.4 is 4.74 Å². The molecule has 0 aromatic heterocycles. The van der Waals surface area contributed by atoms with Gasteiger partial charge < -0.3 is 9.84 Å². The molecule has 1 saturated heterocycles. The maximum Gasteiger partial charge on any atom is 0.123 e. The number of piperidine rings is 1. The first-order chi connectivity index (χ1) is 14.7. The van der Waals surface area contributed by atoms with Gasteiger partial charge in [0.1, 0.15) is 12.4 Å². The van der Waals surface area contributed by atoms with Gasteiger partial charge in [0.15, 0.2) is 0 Å². The zero-order valence-electron chi connectivity index (χ0n) is 17.7. The van der Waals surface area contributed by atoms with E-state index >= 15 is 0 Å². The third-order valence-corrected chi connectivity index (χ3v) is 6.00. The monoisotopic (exact) mass is 401 g/mol. The molecular weight excluding hydrogens is 370 g/mol. The number of aliphatic hydroxyl groups is 1. The summed E-state index contributed by atoms with van der Waals surface area (Å²) in [6, 6.07) is 27.3. The van der Waals surface area contributed by atoms with Crippen molar-refractivity contribution in [2.24, 2.45) is 5.92 Å². The molecule has 30 heavy (non-hydrogen) atoms. The minimum Gasteiger partial charge on any atom is -0.489 e. The molecule has 3 nitrogen and oxygen atoms in total. The molecule has 156 valence electrons. The second-order valence-corrected chi connectivity index (χ2v) is 8.42. The molecule has 1 aliphatic heterocycles. The van der Waals surface area contributed by atoms with Gasteiger partial charge in [-0.05, 0) is 42.5 Å². The zero-order valence-corrected chi connectivity index (χ0v) is 17.7. The van der Waals surface area contributed by atoms with Gasteiger partial charge in [-0.25, -0.2) is 0 Å². The second-order valence-electron chi connectivity index (χ2n) is 8.42. The lowest BCUT2D eigenvalue weighted by Gasteiger charge is -2.36. The minimum absolute atomic E-state index is 0.214. The number of rotatable bonds is 7. The Morgan fingerprint density at radius 2 is 1.63 bits per heavy atom. The summed E-state index contributed by atoms with van der Waals surface area (Å²) < 4.78 is 6.17. The first-order valence-electron chi connectivity index (χ1n) is 10.9. The van der Waals surface area contributed by atoms with E-state index in [1.807, 2.05) is 12.1 Å². The smallest absolute Gasteiger partial charge is 0.123 e. The number of likely N-dealkylation sites (tertiary alicyclic amines) is 1. The molecule has 1 fully saturated rings. The van der Waals surface area contributed by atoms with Gasteiger partial charge in [-0.1, -0.05) is 78.4 Å². The lowest BCUT2D eigenvalue weighted by molar-refractivity contribution is 0.0236. The predicted molar refractivity (Wildman–Crippen MR) is 121 cm³/mol. The van der Waals surface area contributed by atoms with Gasteiger partial charge in [-0.3, -0.25) is 4.90 Å². The summed E-state index contributed by atoms with van der Waals surface area (Å²) in [4.78, 5) is 2.46. The maximum absolute atomic E-state index is 10.7. The summed E-state index contributed by atoms with van der Waals surface area (Å²) in [5.74, 6) is 1.14. The van der Waals surface area contributed by atoms with Crippen molar-refractivity contribution in [2.75, 3.05) is 13.1 Å². The van der Waals surface area contributed by atoms with Crippen LogP contribution in [0, 0.1) is 12.8 Å². The van der Waals surface area contributed by atoms with Crippen molar-refractivity contribution in [2.45, 2.75) is 39.0 Å². The number of aliphatic hydroxyl groups excluding tert-OH is 1. The fourth-order valence-electron chi connectivity index (χ4n) is 4.22. The normalized spacial score (nSPS) is 19.5. The molecule has 2 unspecified atom stereocenters. The van der Waals surface area contributed by atoms with Crippen LogP contribution in [-0.2, 0) is 19.6 Å². The van der Waals surface area contributed by atoms with Gasteiger partial charge in [0, 0.05) is 25.6 Å². The van der Waals surface area contributed by atoms with Crippen molar-refractivity contribution in [1.82, 2.24) is 4.90 Å². The molecule has 0 aliphatic carbocycles. The summed E-state index contributed by atoms with van der Waals surface area (Å²) in [6.07, 6.45) is 1.39. The van der Waals surface area contributed by atoms with Crippen LogP contribution in [0.5, 0.6) is 5.75 Å². The molecule has 1 N–H and O–H groups in total. The molecule has 1 aliphatic rings. The van der Waals surface area contributed by atoms with Crippen LogP contribution in [0.2, 0.25) is 0 Å². The third kappa shape index (κ3) is 5.50. The van der Waals surface area contributed by atoms with E-state index in [0.717, 1.165) is 38.2 Å². The van der Waals surface area contributed by atoms with E-state index in [4.69, 9.17) is 4.74 Å². The summed E-state index contributed by atoms with van der Waals surface area (Å²) in [5.41, 5.74) is 4.93. The summed E-state index contributed by atoms with van der Waals surface area (Å²) >= 11 is 0. The predicted octanol–water partition coefficient (Wildman–Crippen LogP) is 5.00. The molecule has 4 rings (SSSR count). The van der Waals surface area contributed by atoms with Gasteiger partial charge in [-0.15, -0.1) is 0 Å². The first-order valence-corrected chi connectivity index (χ1v) is 10.9. The largest absolute Gasteiger partial charge is 0.489 e. The van der Waals surface area contributed by atoms with Crippen molar-refractivity contribution in [3.8, 4) is 5.75 Å². The lowest BCUT2D eigenvalue weighted by atomic mass is 9.88. The Bertz CT molecular complexity index is 923. The van der Waals surface area contributed by atoms with E-state index in [-0.39, 0.29) is 12.0 Å². The highest BCUT2D eigenvalue weighted by atomic mass is 16.5. The maximum atomic E-state index is 10.7. The Kier molecular flexibility index (Phi) is 6.83. The van der Waals surface area contributed by atoms with Crippen LogP contribution in [0.15, 0.2) is 78.9 Å². The minimum atomic E-state index is -0.262. The Hall–Kier alpha value is -2.62. The summed E-state index contributed by atoms with van der Waals surface area (Å²) in [6.45, 7) is 5.44. The molecule has 2 atom stereocenters. The van der Waals surface area contributed by atoms with Crippen LogP contribution in [0.1, 0.15) is 28.7 Å². The summed E-state index contributed by atoms with van der Waals surface area (Å²) in [7, 11) is 0. The van der Waals surface area contributed by atoms with Crippen LogP contribution in [0.4, 0.5) is 0 Å². The van der Waals surface area contributed by atoms with Crippen molar-refractivity contribution >= 4 is 0 Å². The van der Waals surface area contributed by atoms with Gasteiger partial charge in [0.05, 0.1) is 6.10 Å². The van der Waals surface area contributed by atoms with Gasteiger partial charge >= 0.3 is 0 Å². The highest BCUT2D eigenvalue weighted by Crippen LogP contribution is 2.28. The van der Waals surface area contributed by atoms with E-state index in [2.05, 4.69) is 78.6 Å².